The van der Waals surface area contributed by atoms with E-state index < -0.39 is 5.41 Å². The highest BCUT2D eigenvalue weighted by Crippen LogP contribution is 2.49. The molecule has 3 atom stereocenters. The molecule has 1 aliphatic carbocycles. The molecule has 88 valence electrons. The number of rotatable bonds is 1. The Kier molecular flexibility index (Phi) is 2.52. The third-order valence-corrected chi connectivity index (χ3v) is 3.74. The van der Waals surface area contributed by atoms with Crippen molar-refractivity contribution < 1.29 is 19.1 Å². The molecule has 0 aromatic rings. The first-order valence-electron chi connectivity index (χ1n) is 5.48. The molecule has 2 aliphatic rings. The van der Waals surface area contributed by atoms with E-state index in [9.17, 15) is 9.59 Å². The van der Waals surface area contributed by atoms with Gasteiger partial charge in [-0.15, -0.1) is 0 Å². The minimum atomic E-state index is -0.735. The van der Waals surface area contributed by atoms with Crippen molar-refractivity contribution in [2.45, 2.75) is 32.8 Å². The molecular formula is C12H16O4. The Bertz CT molecular complexity index is 360. The maximum absolute atomic E-state index is 11.8. The maximum Gasteiger partial charge on any atom is 0.316 e. The summed E-state index contributed by atoms with van der Waals surface area (Å²) in [6.45, 7) is 7.52. The Morgan fingerprint density at radius 2 is 2.31 bits per heavy atom. The summed E-state index contributed by atoms with van der Waals surface area (Å²) < 4.78 is 10.3. The Hall–Kier alpha value is -1.32. The van der Waals surface area contributed by atoms with Crippen LogP contribution in [-0.2, 0) is 19.1 Å². The summed E-state index contributed by atoms with van der Waals surface area (Å²) in [6, 6.07) is 0. The molecule has 3 unspecified atom stereocenters. The minimum Gasteiger partial charge on any atom is -0.464 e. The van der Waals surface area contributed by atoms with Crippen LogP contribution < -0.4 is 0 Å². The van der Waals surface area contributed by atoms with Crippen molar-refractivity contribution in [3.63, 3.8) is 0 Å². The van der Waals surface area contributed by atoms with Gasteiger partial charge in [0.2, 0.25) is 0 Å². The molecule has 1 saturated heterocycles. The van der Waals surface area contributed by atoms with Crippen LogP contribution >= 0.6 is 0 Å². The number of hydrogen-bond acceptors (Lipinski definition) is 4. The summed E-state index contributed by atoms with van der Waals surface area (Å²) in [5, 5.41) is 0. The summed E-state index contributed by atoms with van der Waals surface area (Å²) in [7, 11) is 0. The van der Waals surface area contributed by atoms with Gasteiger partial charge in [-0.05, 0) is 19.8 Å². The van der Waals surface area contributed by atoms with Gasteiger partial charge in [0.05, 0.1) is 6.61 Å². The number of carbonyl (C=O) groups excluding carboxylic acids is 2. The van der Waals surface area contributed by atoms with Crippen LogP contribution in [0.1, 0.15) is 26.7 Å². The van der Waals surface area contributed by atoms with E-state index >= 15 is 0 Å². The Labute approximate surface area is 94.6 Å². The second-order valence-electron chi connectivity index (χ2n) is 4.73. The van der Waals surface area contributed by atoms with E-state index in [1.807, 2.05) is 6.92 Å². The average molecular weight is 224 g/mol. The van der Waals surface area contributed by atoms with Crippen molar-refractivity contribution in [2.75, 3.05) is 6.61 Å². The first-order valence-corrected chi connectivity index (χ1v) is 5.48. The van der Waals surface area contributed by atoms with Crippen molar-refractivity contribution >= 4 is 11.9 Å². The highest BCUT2D eigenvalue weighted by Gasteiger charge is 2.58. The van der Waals surface area contributed by atoms with Crippen LogP contribution in [0.25, 0.3) is 0 Å². The normalized spacial score (nSPS) is 37.9. The molecule has 1 aliphatic heterocycles. The fraction of sp³-hybridized carbons (Fsp3) is 0.667. The summed E-state index contributed by atoms with van der Waals surface area (Å²) in [5.74, 6) is -0.639. The van der Waals surface area contributed by atoms with Crippen LogP contribution in [0.3, 0.4) is 0 Å². The molecule has 1 saturated carbocycles. The Morgan fingerprint density at radius 3 is 2.94 bits per heavy atom. The molecule has 0 aromatic carbocycles. The zero-order valence-corrected chi connectivity index (χ0v) is 9.62. The standard InChI is InChI=1S/C12H16O4/c1-7-4-5-10(16-8(2)13)12(3)9(7)6-15-11(12)14/h9-10H,1,4-6H2,2-3H3. The van der Waals surface area contributed by atoms with Crippen molar-refractivity contribution in [1.82, 2.24) is 0 Å². The molecule has 2 rings (SSSR count). The van der Waals surface area contributed by atoms with Gasteiger partial charge in [0, 0.05) is 12.8 Å². The second kappa shape index (κ2) is 3.61. The third-order valence-electron chi connectivity index (χ3n) is 3.74. The lowest BCUT2D eigenvalue weighted by Gasteiger charge is -2.39. The lowest BCUT2D eigenvalue weighted by Crippen LogP contribution is -2.47. The summed E-state index contributed by atoms with van der Waals surface area (Å²) in [4.78, 5) is 22.8. The highest BCUT2D eigenvalue weighted by atomic mass is 16.6. The molecule has 0 amide bonds. The van der Waals surface area contributed by atoms with Gasteiger partial charge >= 0.3 is 11.9 Å². The number of esters is 2. The second-order valence-corrected chi connectivity index (χ2v) is 4.73. The van der Waals surface area contributed by atoms with Gasteiger partial charge in [-0.25, -0.2) is 0 Å². The van der Waals surface area contributed by atoms with Crippen LogP contribution in [0.2, 0.25) is 0 Å². The highest BCUT2D eigenvalue weighted by molar-refractivity contribution is 5.81. The summed E-state index contributed by atoms with van der Waals surface area (Å²) in [6.07, 6.45) is 1.06. The Morgan fingerprint density at radius 1 is 1.62 bits per heavy atom. The van der Waals surface area contributed by atoms with Gasteiger partial charge in [-0.2, -0.15) is 0 Å². The van der Waals surface area contributed by atoms with Crippen LogP contribution in [0.15, 0.2) is 12.2 Å². The molecule has 0 aromatic heterocycles. The fourth-order valence-corrected chi connectivity index (χ4v) is 2.70. The predicted molar refractivity (Wildman–Crippen MR) is 56.5 cm³/mol. The number of carbonyl (C=O) groups is 2. The number of cyclic esters (lactones) is 1. The van der Waals surface area contributed by atoms with E-state index in [4.69, 9.17) is 9.47 Å². The van der Waals surface area contributed by atoms with E-state index in [0.29, 0.717) is 13.0 Å². The molecule has 1 heterocycles. The zero-order chi connectivity index (χ0) is 11.9. The first kappa shape index (κ1) is 11.2. The van der Waals surface area contributed by atoms with E-state index in [1.165, 1.54) is 6.92 Å². The van der Waals surface area contributed by atoms with E-state index in [2.05, 4.69) is 6.58 Å². The van der Waals surface area contributed by atoms with Crippen molar-refractivity contribution in [1.29, 1.82) is 0 Å². The van der Waals surface area contributed by atoms with Crippen LogP contribution in [-0.4, -0.2) is 24.6 Å². The number of fused-ring (bicyclic) bond motifs is 1. The Balaban J connectivity index is 2.30. The van der Waals surface area contributed by atoms with E-state index in [-0.39, 0.29) is 24.0 Å². The van der Waals surface area contributed by atoms with Crippen molar-refractivity contribution in [3.05, 3.63) is 12.2 Å². The first-order chi connectivity index (χ1) is 7.46. The quantitative estimate of drug-likeness (QED) is 0.499. The molecule has 16 heavy (non-hydrogen) atoms. The lowest BCUT2D eigenvalue weighted by molar-refractivity contribution is -0.165. The molecule has 4 nitrogen and oxygen atoms in total. The monoisotopic (exact) mass is 224 g/mol. The van der Waals surface area contributed by atoms with Gasteiger partial charge in [0.15, 0.2) is 0 Å². The summed E-state index contributed by atoms with van der Waals surface area (Å²) >= 11 is 0. The molecule has 0 spiro atoms. The molecule has 0 bridgehead atoms. The SMILES string of the molecule is C=C1CCC(OC(C)=O)C2(C)C(=O)OCC12. The largest absolute Gasteiger partial charge is 0.464 e. The van der Waals surface area contributed by atoms with Crippen molar-refractivity contribution in [2.24, 2.45) is 11.3 Å². The van der Waals surface area contributed by atoms with Gasteiger partial charge in [0.1, 0.15) is 11.5 Å². The molecule has 0 radical (unpaired) electrons. The topological polar surface area (TPSA) is 52.6 Å². The van der Waals surface area contributed by atoms with Gasteiger partial charge < -0.3 is 9.47 Å². The molecule has 2 fully saturated rings. The van der Waals surface area contributed by atoms with Crippen LogP contribution in [0.5, 0.6) is 0 Å². The average Bonchev–Trinajstić information content (AvgIpc) is 2.50. The van der Waals surface area contributed by atoms with Gasteiger partial charge in [-0.1, -0.05) is 12.2 Å². The van der Waals surface area contributed by atoms with Gasteiger partial charge in [0.25, 0.3) is 0 Å². The zero-order valence-electron chi connectivity index (χ0n) is 9.62. The fourth-order valence-electron chi connectivity index (χ4n) is 2.70. The van der Waals surface area contributed by atoms with Crippen LogP contribution in [0, 0.1) is 11.3 Å². The summed E-state index contributed by atoms with van der Waals surface area (Å²) in [5.41, 5.74) is 0.290. The number of hydrogen-bond donors (Lipinski definition) is 0. The van der Waals surface area contributed by atoms with Crippen LogP contribution in [0.4, 0.5) is 0 Å². The van der Waals surface area contributed by atoms with Gasteiger partial charge in [-0.3, -0.25) is 9.59 Å². The predicted octanol–water partition coefficient (Wildman–Crippen LogP) is 1.45. The minimum absolute atomic E-state index is 0.0156. The van der Waals surface area contributed by atoms with E-state index in [1.54, 1.807) is 0 Å². The van der Waals surface area contributed by atoms with Crippen molar-refractivity contribution in [3.8, 4) is 0 Å². The lowest BCUT2D eigenvalue weighted by atomic mass is 9.65. The third kappa shape index (κ3) is 1.44. The van der Waals surface area contributed by atoms with E-state index in [0.717, 1.165) is 12.0 Å². The maximum atomic E-state index is 11.8. The molecular weight excluding hydrogens is 208 g/mol. The molecule has 4 heteroatoms. The molecule has 0 N–H and O–H groups in total. The number of ether oxygens (including phenoxy) is 2. The smallest absolute Gasteiger partial charge is 0.316 e.